The van der Waals surface area contributed by atoms with E-state index >= 15 is 0 Å². The van der Waals surface area contributed by atoms with Crippen LogP contribution in [0, 0.1) is 5.82 Å². The molecule has 0 atom stereocenters. The number of aryl methyl sites for hydroxylation is 1. The fourth-order valence-corrected chi connectivity index (χ4v) is 3.27. The number of rotatable bonds is 5. The predicted octanol–water partition coefficient (Wildman–Crippen LogP) is 2.17. The number of anilines is 1. The molecule has 1 amide bonds. The number of phenolic OH excluding ortho intramolecular Hbond substituents is 1. The summed E-state index contributed by atoms with van der Waals surface area (Å²) < 4.78 is 45.7. The van der Waals surface area contributed by atoms with E-state index in [1.165, 1.54) is 18.2 Å². The van der Waals surface area contributed by atoms with Crippen LogP contribution in [0.1, 0.15) is 6.42 Å². The zero-order valence-corrected chi connectivity index (χ0v) is 16.0. The minimum atomic E-state index is -4.53. The SMILES string of the molecule is O=C(CCn1ncc(F)c(Cl)c1=O)Nc1ccc2c(O)cc(S(=O)(=O)O)cc2c1. The van der Waals surface area contributed by atoms with E-state index in [1.54, 1.807) is 0 Å². The highest BCUT2D eigenvalue weighted by atomic mass is 35.5. The van der Waals surface area contributed by atoms with Gasteiger partial charge >= 0.3 is 0 Å². The minimum Gasteiger partial charge on any atom is -0.507 e. The first-order valence-corrected chi connectivity index (χ1v) is 9.83. The van der Waals surface area contributed by atoms with Crippen molar-refractivity contribution < 1.29 is 27.3 Å². The Labute approximate surface area is 168 Å². The van der Waals surface area contributed by atoms with E-state index in [0.29, 0.717) is 5.39 Å². The number of halogens is 2. The molecule has 0 aliphatic carbocycles. The van der Waals surface area contributed by atoms with Gasteiger partial charge in [0.1, 0.15) is 10.8 Å². The van der Waals surface area contributed by atoms with Gasteiger partial charge < -0.3 is 10.4 Å². The Morgan fingerprint density at radius 1 is 1.28 bits per heavy atom. The van der Waals surface area contributed by atoms with Gasteiger partial charge in [0.25, 0.3) is 15.7 Å². The van der Waals surface area contributed by atoms with Crippen molar-refractivity contribution >= 4 is 44.1 Å². The molecule has 0 saturated heterocycles. The van der Waals surface area contributed by atoms with Crippen molar-refractivity contribution in [3.05, 3.63) is 57.7 Å². The number of carbonyl (C=O) groups excluding carboxylic acids is 1. The molecular weight excluding hydrogens is 429 g/mol. The van der Waals surface area contributed by atoms with Crippen LogP contribution in [0.4, 0.5) is 10.1 Å². The van der Waals surface area contributed by atoms with Crippen molar-refractivity contribution in [1.29, 1.82) is 0 Å². The summed E-state index contributed by atoms with van der Waals surface area (Å²) in [5.74, 6) is -1.82. The lowest BCUT2D eigenvalue weighted by atomic mass is 10.1. The third-order valence-corrected chi connectivity index (χ3v) is 5.15. The lowest BCUT2D eigenvalue weighted by Gasteiger charge is -2.09. The van der Waals surface area contributed by atoms with Gasteiger partial charge in [-0.3, -0.25) is 14.1 Å². The van der Waals surface area contributed by atoms with Gasteiger partial charge in [-0.1, -0.05) is 11.6 Å². The highest BCUT2D eigenvalue weighted by molar-refractivity contribution is 7.85. The number of hydrogen-bond donors (Lipinski definition) is 3. The molecule has 0 fully saturated rings. The van der Waals surface area contributed by atoms with Crippen LogP contribution in [0.15, 0.2) is 46.2 Å². The van der Waals surface area contributed by atoms with E-state index in [4.69, 9.17) is 16.2 Å². The Balaban J connectivity index is 1.78. The van der Waals surface area contributed by atoms with Crippen LogP contribution in [0.25, 0.3) is 10.8 Å². The summed E-state index contributed by atoms with van der Waals surface area (Å²) in [4.78, 5) is 23.4. The quantitative estimate of drug-likeness (QED) is 0.515. The molecule has 3 aromatic rings. The van der Waals surface area contributed by atoms with Gasteiger partial charge in [0.15, 0.2) is 5.82 Å². The van der Waals surface area contributed by atoms with E-state index in [0.717, 1.165) is 23.0 Å². The molecule has 9 nitrogen and oxygen atoms in total. The first kappa shape index (κ1) is 20.7. The van der Waals surface area contributed by atoms with Crippen LogP contribution >= 0.6 is 11.6 Å². The maximum atomic E-state index is 13.1. The lowest BCUT2D eigenvalue weighted by Crippen LogP contribution is -2.26. The average Bonchev–Trinajstić information content (AvgIpc) is 2.64. The molecule has 0 unspecified atom stereocenters. The topological polar surface area (TPSA) is 139 Å². The molecular formula is C17H13ClFN3O6S. The van der Waals surface area contributed by atoms with Crippen LogP contribution in [0.3, 0.4) is 0 Å². The van der Waals surface area contributed by atoms with E-state index in [9.17, 15) is 27.5 Å². The van der Waals surface area contributed by atoms with Crippen molar-refractivity contribution in [2.24, 2.45) is 0 Å². The Morgan fingerprint density at radius 2 is 2.00 bits per heavy atom. The Morgan fingerprint density at radius 3 is 2.69 bits per heavy atom. The third-order valence-electron chi connectivity index (χ3n) is 3.98. The number of nitrogens with zero attached hydrogens (tertiary/aromatic N) is 2. The van der Waals surface area contributed by atoms with E-state index in [1.807, 2.05) is 0 Å². The molecule has 3 rings (SSSR count). The third kappa shape index (κ3) is 4.53. The molecule has 0 aliphatic heterocycles. The average molecular weight is 442 g/mol. The van der Waals surface area contributed by atoms with Crippen LogP contribution in [-0.4, -0.2) is 33.8 Å². The Kier molecular flexibility index (Phi) is 5.55. The monoisotopic (exact) mass is 441 g/mol. The molecule has 0 bridgehead atoms. The number of hydrogen-bond acceptors (Lipinski definition) is 6. The van der Waals surface area contributed by atoms with Crippen LogP contribution in [0.2, 0.25) is 5.02 Å². The summed E-state index contributed by atoms with van der Waals surface area (Å²) in [6, 6.07) is 6.39. The zero-order chi connectivity index (χ0) is 21.3. The molecule has 152 valence electrons. The van der Waals surface area contributed by atoms with Crippen molar-refractivity contribution in [3.8, 4) is 5.75 Å². The summed E-state index contributed by atoms with van der Waals surface area (Å²) in [6.07, 6.45) is 0.591. The summed E-state index contributed by atoms with van der Waals surface area (Å²) in [6.45, 7) is -0.147. The van der Waals surface area contributed by atoms with Gasteiger partial charge in [-0.15, -0.1) is 0 Å². The van der Waals surface area contributed by atoms with Crippen molar-refractivity contribution in [1.82, 2.24) is 9.78 Å². The highest BCUT2D eigenvalue weighted by Gasteiger charge is 2.14. The van der Waals surface area contributed by atoms with Gasteiger partial charge in [-0.05, 0) is 29.7 Å². The second kappa shape index (κ2) is 7.78. The molecule has 0 spiro atoms. The number of carbonyl (C=O) groups is 1. The summed E-state index contributed by atoms with van der Waals surface area (Å²) in [5, 5.41) is 16.0. The van der Waals surface area contributed by atoms with Crippen LogP contribution in [-0.2, 0) is 21.5 Å². The zero-order valence-electron chi connectivity index (χ0n) is 14.5. The first-order valence-electron chi connectivity index (χ1n) is 8.01. The predicted molar refractivity (Wildman–Crippen MR) is 102 cm³/mol. The number of aromatic nitrogens is 2. The molecule has 12 heteroatoms. The summed E-state index contributed by atoms with van der Waals surface area (Å²) in [5.41, 5.74) is -0.578. The maximum Gasteiger partial charge on any atom is 0.294 e. The number of nitrogens with one attached hydrogen (secondary N) is 1. The molecule has 3 N–H and O–H groups in total. The second-order valence-electron chi connectivity index (χ2n) is 5.99. The molecule has 0 radical (unpaired) electrons. The second-order valence-corrected chi connectivity index (χ2v) is 7.79. The van der Waals surface area contributed by atoms with Crippen molar-refractivity contribution in [3.63, 3.8) is 0 Å². The lowest BCUT2D eigenvalue weighted by molar-refractivity contribution is -0.116. The minimum absolute atomic E-state index is 0.147. The number of benzene rings is 2. The maximum absolute atomic E-state index is 13.1. The van der Waals surface area contributed by atoms with E-state index in [-0.39, 0.29) is 29.8 Å². The normalized spacial score (nSPS) is 11.6. The summed E-state index contributed by atoms with van der Waals surface area (Å²) >= 11 is 5.51. The van der Waals surface area contributed by atoms with Crippen molar-refractivity contribution in [2.45, 2.75) is 17.9 Å². The Bertz CT molecular complexity index is 1290. The van der Waals surface area contributed by atoms with Crippen LogP contribution in [0.5, 0.6) is 5.75 Å². The fourth-order valence-electron chi connectivity index (χ4n) is 2.58. The Hall–Kier alpha value is -3.02. The van der Waals surface area contributed by atoms with Gasteiger partial charge in [-0.2, -0.15) is 13.5 Å². The smallest absolute Gasteiger partial charge is 0.294 e. The molecule has 29 heavy (non-hydrogen) atoms. The number of phenols is 1. The molecule has 0 aliphatic rings. The van der Waals surface area contributed by atoms with Gasteiger partial charge in [0, 0.05) is 23.6 Å². The largest absolute Gasteiger partial charge is 0.507 e. The number of fused-ring (bicyclic) bond motifs is 1. The van der Waals surface area contributed by atoms with Gasteiger partial charge in [-0.25, -0.2) is 9.07 Å². The van der Waals surface area contributed by atoms with E-state index < -0.39 is 37.3 Å². The standard InChI is InChI=1S/C17H13ClFN3O6S/c18-16-13(19)8-20-22(17(16)25)4-3-15(24)21-10-1-2-12-9(5-10)6-11(7-14(12)23)29(26,27)28/h1-2,5-8,23H,3-4H2,(H,21,24)(H,26,27,28). The summed E-state index contributed by atoms with van der Waals surface area (Å²) in [7, 11) is -4.53. The van der Waals surface area contributed by atoms with Crippen molar-refractivity contribution in [2.75, 3.05) is 5.32 Å². The van der Waals surface area contributed by atoms with Crippen LogP contribution < -0.4 is 10.9 Å². The molecule has 0 saturated carbocycles. The fraction of sp³-hybridized carbons (Fsp3) is 0.118. The van der Waals surface area contributed by atoms with Gasteiger partial charge in [0.2, 0.25) is 5.91 Å². The number of aromatic hydroxyl groups is 1. The van der Waals surface area contributed by atoms with E-state index in [2.05, 4.69) is 10.4 Å². The molecule has 2 aromatic carbocycles. The molecule has 1 aromatic heterocycles. The number of amides is 1. The highest BCUT2D eigenvalue weighted by Crippen LogP contribution is 2.30. The first-order chi connectivity index (χ1) is 13.6. The van der Waals surface area contributed by atoms with Gasteiger partial charge in [0.05, 0.1) is 17.6 Å². The molecule has 1 heterocycles.